The van der Waals surface area contributed by atoms with Gasteiger partial charge in [-0.15, -0.1) is 0 Å². The number of aryl methyl sites for hydroxylation is 2. The third-order valence-corrected chi connectivity index (χ3v) is 4.18. The van der Waals surface area contributed by atoms with Crippen molar-refractivity contribution in [2.24, 2.45) is 0 Å². The maximum absolute atomic E-state index is 12.0. The van der Waals surface area contributed by atoms with Crippen LogP contribution in [0.2, 0.25) is 0 Å². The third kappa shape index (κ3) is 2.88. The molecule has 6 heteroatoms. The number of nitrogens with zero attached hydrogens (tertiary/aromatic N) is 1. The molecule has 0 bridgehead atoms. The summed E-state index contributed by atoms with van der Waals surface area (Å²) in [5.74, 6) is -0.965. The molecule has 2 amide bonds. The van der Waals surface area contributed by atoms with Gasteiger partial charge in [-0.05, 0) is 68.4 Å². The Morgan fingerprint density at radius 1 is 1.04 bits per heavy atom. The van der Waals surface area contributed by atoms with E-state index in [0.29, 0.717) is 0 Å². The molecule has 5 nitrogen and oxygen atoms in total. The summed E-state index contributed by atoms with van der Waals surface area (Å²) in [6.07, 6.45) is 1.60. The topological polar surface area (TPSA) is 63.1 Å². The van der Waals surface area contributed by atoms with E-state index in [1.54, 1.807) is 6.08 Å². The first kappa shape index (κ1) is 16.1. The van der Waals surface area contributed by atoms with Crippen molar-refractivity contribution in [2.75, 3.05) is 0 Å². The van der Waals surface area contributed by atoms with Crippen molar-refractivity contribution in [2.45, 2.75) is 20.8 Å². The third-order valence-electron chi connectivity index (χ3n) is 3.97. The number of hydrogen-bond donors (Lipinski definition) is 2. The van der Waals surface area contributed by atoms with Gasteiger partial charge in [0, 0.05) is 17.1 Å². The lowest BCUT2D eigenvalue weighted by atomic mass is 10.1. The summed E-state index contributed by atoms with van der Waals surface area (Å²) in [5.41, 5.74) is 5.07. The Balaban J connectivity index is 2.07. The molecule has 1 aromatic carbocycles. The molecule has 1 saturated heterocycles. The predicted molar refractivity (Wildman–Crippen MR) is 96.8 cm³/mol. The summed E-state index contributed by atoms with van der Waals surface area (Å²) in [6.45, 7) is 6.00. The zero-order valence-corrected chi connectivity index (χ0v) is 14.5. The maximum Gasteiger partial charge on any atom is 0.263 e. The Bertz CT molecular complexity index is 887. The molecule has 122 valence electrons. The van der Waals surface area contributed by atoms with Crippen molar-refractivity contribution in [1.82, 2.24) is 15.2 Å². The van der Waals surface area contributed by atoms with Crippen LogP contribution in [0.15, 0.2) is 35.9 Å². The first-order valence-electron chi connectivity index (χ1n) is 7.51. The fraction of sp³-hybridized carbons (Fsp3) is 0.167. The summed E-state index contributed by atoms with van der Waals surface area (Å²) in [6, 6.07) is 10.1. The van der Waals surface area contributed by atoms with Crippen molar-refractivity contribution >= 4 is 35.2 Å². The maximum atomic E-state index is 12.0. The molecule has 3 rings (SSSR count). The highest BCUT2D eigenvalue weighted by atomic mass is 32.1. The minimum Gasteiger partial charge on any atom is -0.318 e. The zero-order chi connectivity index (χ0) is 17.4. The van der Waals surface area contributed by atoms with Crippen molar-refractivity contribution in [3.05, 3.63) is 58.4 Å². The second-order valence-electron chi connectivity index (χ2n) is 5.80. The minimum atomic E-state index is -0.482. The van der Waals surface area contributed by atoms with Gasteiger partial charge < -0.3 is 4.57 Å². The van der Waals surface area contributed by atoms with Crippen LogP contribution in [-0.2, 0) is 9.59 Å². The Hall–Kier alpha value is -2.73. The summed E-state index contributed by atoms with van der Waals surface area (Å²) in [5, 5.41) is 4.93. The van der Waals surface area contributed by atoms with E-state index in [0.717, 1.165) is 22.6 Å². The largest absolute Gasteiger partial charge is 0.318 e. The van der Waals surface area contributed by atoms with Crippen LogP contribution in [-0.4, -0.2) is 21.5 Å². The minimum absolute atomic E-state index is 0.0346. The summed E-state index contributed by atoms with van der Waals surface area (Å²) in [4.78, 5) is 24.0. The average Bonchev–Trinajstić information content (AvgIpc) is 2.77. The van der Waals surface area contributed by atoms with Gasteiger partial charge in [0.1, 0.15) is 5.57 Å². The molecular formula is C18H17N3O2S. The lowest BCUT2D eigenvalue weighted by Crippen LogP contribution is -2.51. The molecule has 0 spiro atoms. The monoisotopic (exact) mass is 339 g/mol. The number of carbonyl (C=O) groups is 2. The van der Waals surface area contributed by atoms with Crippen LogP contribution >= 0.6 is 12.2 Å². The molecule has 2 heterocycles. The van der Waals surface area contributed by atoms with Crippen LogP contribution in [0, 0.1) is 20.8 Å². The van der Waals surface area contributed by atoms with Gasteiger partial charge in [0.05, 0.1) is 0 Å². The first-order valence-corrected chi connectivity index (χ1v) is 7.92. The van der Waals surface area contributed by atoms with E-state index in [9.17, 15) is 9.59 Å². The highest BCUT2D eigenvalue weighted by Crippen LogP contribution is 2.23. The number of rotatable bonds is 2. The van der Waals surface area contributed by atoms with Gasteiger partial charge >= 0.3 is 0 Å². The summed E-state index contributed by atoms with van der Waals surface area (Å²) >= 11 is 4.81. The highest BCUT2D eigenvalue weighted by Gasteiger charge is 2.26. The molecule has 1 aliphatic rings. The van der Waals surface area contributed by atoms with Gasteiger partial charge in [-0.2, -0.15) is 0 Å². The van der Waals surface area contributed by atoms with Crippen LogP contribution in [0.1, 0.15) is 22.5 Å². The van der Waals surface area contributed by atoms with Crippen molar-refractivity contribution < 1.29 is 9.59 Å². The predicted octanol–water partition coefficient (Wildman–Crippen LogP) is 2.32. The highest BCUT2D eigenvalue weighted by molar-refractivity contribution is 7.80. The van der Waals surface area contributed by atoms with Crippen molar-refractivity contribution in [3.8, 4) is 5.69 Å². The van der Waals surface area contributed by atoms with Crippen LogP contribution < -0.4 is 10.6 Å². The number of amides is 2. The van der Waals surface area contributed by atoms with Crippen LogP contribution in [0.4, 0.5) is 0 Å². The fourth-order valence-corrected chi connectivity index (χ4v) is 3.05. The molecular weight excluding hydrogens is 322 g/mol. The lowest BCUT2D eigenvalue weighted by molar-refractivity contribution is -0.123. The quantitative estimate of drug-likeness (QED) is 0.501. The number of benzene rings is 1. The summed E-state index contributed by atoms with van der Waals surface area (Å²) < 4.78 is 2.10. The fourth-order valence-electron chi connectivity index (χ4n) is 2.86. The molecule has 1 aliphatic heterocycles. The van der Waals surface area contributed by atoms with Gasteiger partial charge in [-0.1, -0.05) is 12.1 Å². The second kappa shape index (κ2) is 6.05. The van der Waals surface area contributed by atoms with Crippen molar-refractivity contribution in [1.29, 1.82) is 0 Å². The van der Waals surface area contributed by atoms with E-state index in [2.05, 4.69) is 21.3 Å². The Kier molecular flexibility index (Phi) is 4.07. The number of aromatic nitrogens is 1. The smallest absolute Gasteiger partial charge is 0.263 e. The van der Waals surface area contributed by atoms with Crippen LogP contribution in [0.5, 0.6) is 0 Å². The number of thiocarbonyl (C=S) groups is 1. The first-order chi connectivity index (χ1) is 11.4. The van der Waals surface area contributed by atoms with E-state index in [4.69, 9.17) is 12.2 Å². The summed E-state index contributed by atoms with van der Waals surface area (Å²) in [7, 11) is 0. The molecule has 0 saturated carbocycles. The standard InChI is InChI=1S/C18H17N3O2S/c1-10-5-4-6-14(7-10)21-11(2)8-13(12(21)3)9-15-16(22)19-18(24)20-17(15)23/h4-9H,1-3H3,(H2,19,20,22,23,24). The molecule has 2 N–H and O–H groups in total. The van der Waals surface area contributed by atoms with Crippen LogP contribution in [0.25, 0.3) is 11.8 Å². The van der Waals surface area contributed by atoms with E-state index in [1.165, 1.54) is 5.56 Å². The normalized spacial score (nSPS) is 14.5. The van der Waals surface area contributed by atoms with Gasteiger partial charge in [-0.25, -0.2) is 0 Å². The molecule has 0 radical (unpaired) electrons. The average molecular weight is 339 g/mol. The molecule has 0 atom stereocenters. The van der Waals surface area contributed by atoms with Gasteiger partial charge in [0.15, 0.2) is 5.11 Å². The Morgan fingerprint density at radius 3 is 2.33 bits per heavy atom. The number of carbonyl (C=O) groups excluding carboxylic acids is 2. The van der Waals surface area contributed by atoms with Gasteiger partial charge in [-0.3, -0.25) is 20.2 Å². The molecule has 1 fully saturated rings. The Labute approximate surface area is 145 Å². The Morgan fingerprint density at radius 2 is 1.71 bits per heavy atom. The van der Waals surface area contributed by atoms with Crippen LogP contribution in [0.3, 0.4) is 0 Å². The molecule has 0 aliphatic carbocycles. The lowest BCUT2D eigenvalue weighted by Gasteiger charge is -2.16. The van der Waals surface area contributed by atoms with Crippen molar-refractivity contribution in [3.63, 3.8) is 0 Å². The van der Waals surface area contributed by atoms with Gasteiger partial charge in [0.2, 0.25) is 0 Å². The van der Waals surface area contributed by atoms with E-state index in [-0.39, 0.29) is 10.7 Å². The molecule has 24 heavy (non-hydrogen) atoms. The van der Waals surface area contributed by atoms with E-state index >= 15 is 0 Å². The molecule has 2 aromatic rings. The van der Waals surface area contributed by atoms with E-state index in [1.807, 2.05) is 45.0 Å². The molecule has 0 unspecified atom stereocenters. The zero-order valence-electron chi connectivity index (χ0n) is 13.6. The van der Waals surface area contributed by atoms with E-state index < -0.39 is 11.8 Å². The number of nitrogens with one attached hydrogen (secondary N) is 2. The number of hydrogen-bond acceptors (Lipinski definition) is 3. The SMILES string of the molecule is Cc1cccc(-n2c(C)cc(C=C3C(=O)NC(=S)NC3=O)c2C)c1. The van der Waals surface area contributed by atoms with Gasteiger partial charge in [0.25, 0.3) is 11.8 Å². The molecule has 1 aromatic heterocycles. The second-order valence-corrected chi connectivity index (χ2v) is 6.20.